The van der Waals surface area contributed by atoms with Crippen molar-refractivity contribution >= 4 is 46.5 Å². The van der Waals surface area contributed by atoms with Crippen molar-refractivity contribution in [2.45, 2.75) is 38.0 Å². The summed E-state index contributed by atoms with van der Waals surface area (Å²) >= 11 is 12.3. The summed E-state index contributed by atoms with van der Waals surface area (Å²) in [7, 11) is 0. The van der Waals surface area contributed by atoms with E-state index in [1.54, 1.807) is 30.5 Å². The minimum atomic E-state index is -3.00. The normalized spacial score (nSPS) is 21.5. The van der Waals surface area contributed by atoms with Crippen LogP contribution in [0.15, 0.2) is 52.6 Å². The third-order valence-electron chi connectivity index (χ3n) is 6.04. The summed E-state index contributed by atoms with van der Waals surface area (Å²) in [6.45, 7) is -2.87. The minimum Gasteiger partial charge on any atom is -0.435 e. The maximum absolute atomic E-state index is 13.0. The molecule has 0 spiro atoms. The fraction of sp³-hybridized carbons (Fsp3) is 0.333. The van der Waals surface area contributed by atoms with Gasteiger partial charge in [0.2, 0.25) is 11.9 Å². The van der Waals surface area contributed by atoms with Gasteiger partial charge in [0.05, 0.1) is 39.9 Å². The molecular formula is C24H23Cl2F2N7O2. The van der Waals surface area contributed by atoms with Crippen LogP contribution in [0.3, 0.4) is 0 Å². The first-order valence-corrected chi connectivity index (χ1v) is 12.2. The topological polar surface area (TPSA) is 128 Å². The van der Waals surface area contributed by atoms with Crippen LogP contribution in [0.4, 0.5) is 14.5 Å². The molecule has 9 nitrogen and oxygen atoms in total. The maximum Gasteiger partial charge on any atom is 0.387 e. The van der Waals surface area contributed by atoms with Crippen molar-refractivity contribution in [3.63, 3.8) is 0 Å². The third-order valence-corrected chi connectivity index (χ3v) is 6.78. The lowest BCUT2D eigenvalue weighted by Gasteiger charge is -2.21. The van der Waals surface area contributed by atoms with E-state index in [1.165, 1.54) is 23.2 Å². The summed E-state index contributed by atoms with van der Waals surface area (Å²) in [5.41, 5.74) is 7.45. The van der Waals surface area contributed by atoms with Gasteiger partial charge >= 0.3 is 6.61 Å². The van der Waals surface area contributed by atoms with Gasteiger partial charge in [-0.05, 0) is 37.1 Å². The zero-order chi connectivity index (χ0) is 26.5. The van der Waals surface area contributed by atoms with E-state index in [-0.39, 0.29) is 41.8 Å². The molecule has 1 heterocycles. The highest BCUT2D eigenvalue weighted by atomic mass is 35.5. The summed E-state index contributed by atoms with van der Waals surface area (Å²) < 4.78 is 29.7. The molecule has 0 bridgehead atoms. The molecular weight excluding hydrogens is 527 g/mol. The van der Waals surface area contributed by atoms with Crippen LogP contribution in [0.5, 0.6) is 5.75 Å². The fourth-order valence-corrected chi connectivity index (χ4v) is 4.60. The number of benzene rings is 2. The molecule has 1 amide bonds. The van der Waals surface area contributed by atoms with Crippen LogP contribution >= 0.6 is 23.2 Å². The van der Waals surface area contributed by atoms with E-state index in [4.69, 9.17) is 28.9 Å². The zero-order valence-electron chi connectivity index (χ0n) is 19.4. The summed E-state index contributed by atoms with van der Waals surface area (Å²) in [5, 5.41) is 21.5. The van der Waals surface area contributed by atoms with Crippen molar-refractivity contribution in [3.05, 3.63) is 58.1 Å². The Morgan fingerprint density at radius 1 is 1.24 bits per heavy atom. The number of rotatable bonds is 6. The predicted molar refractivity (Wildman–Crippen MR) is 136 cm³/mol. The van der Waals surface area contributed by atoms with Crippen LogP contribution in [-0.2, 0) is 4.79 Å². The van der Waals surface area contributed by atoms with Crippen LogP contribution in [0, 0.1) is 17.4 Å². The highest BCUT2D eigenvalue weighted by Gasteiger charge is 2.36. The molecule has 2 aromatic rings. The van der Waals surface area contributed by atoms with Crippen LogP contribution in [-0.4, -0.2) is 47.8 Å². The lowest BCUT2D eigenvalue weighted by Crippen LogP contribution is -2.48. The molecule has 0 aromatic heterocycles. The van der Waals surface area contributed by atoms with Gasteiger partial charge in [-0.1, -0.05) is 41.8 Å². The number of nitrogens with one attached hydrogen (secondary N) is 2. The Labute approximate surface area is 221 Å². The maximum atomic E-state index is 13.0. The van der Waals surface area contributed by atoms with Gasteiger partial charge in [0.1, 0.15) is 5.75 Å². The van der Waals surface area contributed by atoms with E-state index in [0.717, 1.165) is 12.8 Å². The van der Waals surface area contributed by atoms with Gasteiger partial charge in [-0.15, -0.1) is 0 Å². The van der Waals surface area contributed by atoms with E-state index < -0.39 is 12.7 Å². The van der Waals surface area contributed by atoms with Crippen LogP contribution < -0.4 is 21.1 Å². The first-order chi connectivity index (χ1) is 17.7. The van der Waals surface area contributed by atoms with Crippen LogP contribution in [0.25, 0.3) is 0 Å². The number of guanidine groups is 1. The number of amides is 1. The molecule has 0 radical (unpaired) electrons. The lowest BCUT2D eigenvalue weighted by molar-refractivity contribution is -0.125. The number of alkyl halides is 2. The van der Waals surface area contributed by atoms with Crippen molar-refractivity contribution in [3.8, 4) is 11.9 Å². The Bertz CT molecular complexity index is 1270. The number of hydrogen-bond acceptors (Lipinski definition) is 6. The van der Waals surface area contributed by atoms with Crippen molar-refractivity contribution in [2.75, 3.05) is 6.54 Å². The van der Waals surface area contributed by atoms with Gasteiger partial charge < -0.3 is 15.8 Å². The molecule has 1 fully saturated rings. The van der Waals surface area contributed by atoms with Gasteiger partial charge in [-0.2, -0.15) is 19.1 Å². The second kappa shape index (κ2) is 11.7. The Hall–Kier alpha value is -3.46. The Kier molecular flexibility index (Phi) is 8.43. The number of aliphatic imine (C=N–C) groups is 1. The van der Waals surface area contributed by atoms with Crippen molar-refractivity contribution in [1.82, 2.24) is 15.6 Å². The highest BCUT2D eigenvalue weighted by molar-refractivity contribution is 6.42. The molecule has 2 aromatic carbocycles. The average Bonchev–Trinajstić information content (AvgIpc) is 3.47. The predicted octanol–water partition coefficient (Wildman–Crippen LogP) is 3.99. The van der Waals surface area contributed by atoms with Crippen LogP contribution in [0.1, 0.15) is 24.8 Å². The van der Waals surface area contributed by atoms with Crippen molar-refractivity contribution in [2.24, 2.45) is 21.7 Å². The van der Waals surface area contributed by atoms with E-state index in [9.17, 15) is 18.8 Å². The lowest BCUT2D eigenvalue weighted by atomic mass is 10.00. The van der Waals surface area contributed by atoms with Gasteiger partial charge in [-0.25, -0.2) is 10.0 Å². The Morgan fingerprint density at radius 3 is 2.73 bits per heavy atom. The molecule has 37 heavy (non-hydrogen) atoms. The van der Waals surface area contributed by atoms with Crippen molar-refractivity contribution < 1.29 is 18.3 Å². The minimum absolute atomic E-state index is 0.0172. The van der Waals surface area contributed by atoms with E-state index >= 15 is 0 Å². The molecule has 1 saturated carbocycles. The Morgan fingerprint density at radius 2 is 2.05 bits per heavy atom. The summed E-state index contributed by atoms with van der Waals surface area (Å²) in [4.78, 5) is 17.4. The quantitative estimate of drug-likeness (QED) is 0.216. The van der Waals surface area contributed by atoms with Crippen molar-refractivity contribution in [1.29, 1.82) is 5.26 Å². The summed E-state index contributed by atoms with van der Waals surface area (Å²) in [6, 6.07) is 9.86. The zero-order valence-corrected chi connectivity index (χ0v) is 20.9. The average molecular weight is 550 g/mol. The molecule has 3 atom stereocenters. The largest absolute Gasteiger partial charge is 0.435 e. The van der Waals surface area contributed by atoms with Gasteiger partial charge in [-0.3, -0.25) is 10.1 Å². The number of carbonyl (C=O) groups excluding carboxylic acids is 1. The molecule has 4 rings (SSSR count). The molecule has 4 N–H and O–H groups in total. The molecule has 1 aliphatic carbocycles. The molecule has 13 heteroatoms. The second-order valence-corrected chi connectivity index (χ2v) is 9.32. The number of hydrogen-bond donors (Lipinski definition) is 3. The van der Waals surface area contributed by atoms with Crippen LogP contribution in [0.2, 0.25) is 10.0 Å². The smallest absolute Gasteiger partial charge is 0.387 e. The first-order valence-electron chi connectivity index (χ1n) is 11.4. The standard InChI is InChI=1S/C24H23Cl2F2N7O2/c25-17-8-7-13(9-18(17)26)21-20(33-22(36)16-5-2-6-19(16)30)11-35(34-21)24(31-12-29)32-14-3-1-4-15(10-14)37-23(27)28/h1,3-4,7-10,16,19-20,23H,2,5-6,11,30H2,(H,31,32)(H,33,36)/t16-,19+,20?/m1/s1. The van der Waals surface area contributed by atoms with E-state index in [2.05, 4.69) is 25.5 Å². The van der Waals surface area contributed by atoms with E-state index in [1.807, 2.05) is 0 Å². The highest BCUT2D eigenvalue weighted by Crippen LogP contribution is 2.28. The molecule has 194 valence electrons. The number of nitriles is 1. The number of halogens is 4. The fourth-order valence-electron chi connectivity index (χ4n) is 4.31. The summed E-state index contributed by atoms with van der Waals surface area (Å²) in [6.07, 6.45) is 4.15. The monoisotopic (exact) mass is 549 g/mol. The third kappa shape index (κ3) is 6.46. The number of carbonyl (C=O) groups is 1. The molecule has 2 aliphatic rings. The number of nitrogens with zero attached hydrogens (tertiary/aromatic N) is 4. The first kappa shape index (κ1) is 26.6. The SMILES string of the molecule is N#CNC(=Nc1cccc(OC(F)F)c1)N1CC(NC(=O)[C@@H]2CCC[C@@H]2N)C(c2ccc(Cl)c(Cl)c2)=N1. The van der Waals surface area contributed by atoms with Gasteiger partial charge in [0, 0.05) is 17.7 Å². The number of hydrazone groups is 1. The van der Waals surface area contributed by atoms with Gasteiger partial charge in [0.25, 0.3) is 0 Å². The summed E-state index contributed by atoms with van der Waals surface area (Å²) in [5.74, 6) is -0.573. The Balaban J connectivity index is 1.66. The molecule has 0 saturated heterocycles. The number of ether oxygens (including phenoxy) is 1. The van der Waals surface area contributed by atoms with E-state index in [0.29, 0.717) is 27.7 Å². The van der Waals surface area contributed by atoms with Gasteiger partial charge in [0.15, 0.2) is 6.19 Å². The molecule has 1 unspecified atom stereocenters. The second-order valence-electron chi connectivity index (χ2n) is 8.51. The molecule has 1 aliphatic heterocycles. The number of nitrogens with two attached hydrogens (primary N) is 1.